The monoisotopic (exact) mass is 150 g/mol. The molecule has 0 aliphatic rings. The molecular weight excluding hydrogens is 132 g/mol. The fourth-order valence-corrected chi connectivity index (χ4v) is 0. The lowest BCUT2D eigenvalue weighted by Gasteiger charge is -1.90. The smallest absolute Gasteiger partial charge is 0.214 e. The summed E-state index contributed by atoms with van der Waals surface area (Å²) in [5, 5.41) is 0. The Hall–Kier alpha value is -0.353. The Kier molecular flexibility index (Phi) is 18.7. The minimum Gasteiger partial charge on any atom is -0.370 e. The normalized spacial score (nSPS) is 6.78. The standard InChI is InChI=1S/C3H9N.C2H5NO.H4Si/c1-4(2)3;1-2(3)4;/h1-3H3;1H3,(H2,3,4);1H4. The number of nitrogens with two attached hydrogens (primary N) is 1. The highest BCUT2D eigenvalue weighted by atomic mass is 28.1. The van der Waals surface area contributed by atoms with E-state index in [-0.39, 0.29) is 16.9 Å². The van der Waals surface area contributed by atoms with Crippen LogP contribution < -0.4 is 5.73 Å². The maximum absolute atomic E-state index is 9.22. The molecule has 0 spiro atoms. The summed E-state index contributed by atoms with van der Waals surface area (Å²) in [4.78, 5) is 11.2. The maximum atomic E-state index is 9.22. The number of carbonyl (C=O) groups is 1. The zero-order valence-corrected chi connectivity index (χ0v) is 5.93. The molecule has 2 N–H and O–H groups in total. The van der Waals surface area contributed by atoms with Crippen molar-refractivity contribution in [2.75, 3.05) is 21.1 Å². The van der Waals surface area contributed by atoms with E-state index in [2.05, 4.69) is 5.73 Å². The third kappa shape index (κ3) is 1960. The first-order valence-electron chi connectivity index (χ1n) is 2.33. The van der Waals surface area contributed by atoms with Crippen molar-refractivity contribution in [1.29, 1.82) is 0 Å². The molecule has 1 amide bonds. The molecule has 0 saturated heterocycles. The SMILES string of the molecule is CC(N)=O.CN(C)C.[SiH4]. The van der Waals surface area contributed by atoms with Gasteiger partial charge in [0.1, 0.15) is 0 Å². The Morgan fingerprint density at radius 2 is 1.33 bits per heavy atom. The van der Waals surface area contributed by atoms with Crippen LogP contribution in [-0.2, 0) is 4.79 Å². The first kappa shape index (κ1) is 15.9. The van der Waals surface area contributed by atoms with Gasteiger partial charge < -0.3 is 10.6 Å². The minimum atomic E-state index is -0.333. The number of primary amides is 1. The van der Waals surface area contributed by atoms with E-state index in [9.17, 15) is 4.79 Å². The Bertz CT molecular complexity index is 59.2. The molecule has 0 atom stereocenters. The van der Waals surface area contributed by atoms with Crippen LogP contribution in [0.4, 0.5) is 0 Å². The highest BCUT2D eigenvalue weighted by Crippen LogP contribution is 1.47. The van der Waals surface area contributed by atoms with Crippen molar-refractivity contribution >= 4 is 16.9 Å². The van der Waals surface area contributed by atoms with Gasteiger partial charge >= 0.3 is 0 Å². The average molecular weight is 150 g/mol. The first-order chi connectivity index (χ1) is 3.46. The zero-order chi connectivity index (χ0) is 7.15. The van der Waals surface area contributed by atoms with Gasteiger partial charge in [-0.05, 0) is 32.1 Å². The van der Waals surface area contributed by atoms with E-state index in [1.54, 1.807) is 0 Å². The van der Waals surface area contributed by atoms with E-state index in [4.69, 9.17) is 0 Å². The second-order valence-electron chi connectivity index (χ2n) is 1.95. The van der Waals surface area contributed by atoms with Crippen LogP contribution in [0.2, 0.25) is 0 Å². The Labute approximate surface area is 61.2 Å². The van der Waals surface area contributed by atoms with Gasteiger partial charge in [-0.15, -0.1) is 0 Å². The van der Waals surface area contributed by atoms with Gasteiger partial charge in [0.2, 0.25) is 5.91 Å². The van der Waals surface area contributed by atoms with Crippen molar-refractivity contribution in [2.24, 2.45) is 5.73 Å². The summed E-state index contributed by atoms with van der Waals surface area (Å²) in [7, 11) is 6.00. The molecule has 0 aromatic carbocycles. The summed E-state index contributed by atoms with van der Waals surface area (Å²) in [6.07, 6.45) is 0. The van der Waals surface area contributed by atoms with Crippen molar-refractivity contribution in [3.8, 4) is 0 Å². The number of amides is 1. The highest BCUT2D eigenvalue weighted by molar-refractivity contribution is 5.75. The summed E-state index contributed by atoms with van der Waals surface area (Å²) in [5.41, 5.74) is 4.47. The Balaban J connectivity index is -0.0000000720. The fourth-order valence-electron chi connectivity index (χ4n) is 0. The fraction of sp³-hybridized carbons (Fsp3) is 0.800. The van der Waals surface area contributed by atoms with Crippen LogP contribution in [0.1, 0.15) is 6.92 Å². The molecule has 0 heterocycles. The number of carbonyl (C=O) groups excluding carboxylic acids is 1. The zero-order valence-electron chi connectivity index (χ0n) is 5.93. The number of hydrogen-bond donors (Lipinski definition) is 1. The quantitative estimate of drug-likeness (QED) is 0.415. The second kappa shape index (κ2) is 10.6. The molecule has 0 saturated carbocycles. The van der Waals surface area contributed by atoms with Crippen LogP contribution >= 0.6 is 0 Å². The van der Waals surface area contributed by atoms with Crippen molar-refractivity contribution < 1.29 is 4.79 Å². The van der Waals surface area contributed by atoms with E-state index >= 15 is 0 Å². The van der Waals surface area contributed by atoms with Gasteiger partial charge in [-0.3, -0.25) is 4.79 Å². The van der Waals surface area contributed by atoms with E-state index in [1.165, 1.54) is 6.92 Å². The minimum absolute atomic E-state index is 0. The Morgan fingerprint density at radius 1 is 1.33 bits per heavy atom. The van der Waals surface area contributed by atoms with E-state index in [0.29, 0.717) is 0 Å². The van der Waals surface area contributed by atoms with Crippen LogP contribution in [0.15, 0.2) is 0 Å². The van der Waals surface area contributed by atoms with Crippen LogP contribution in [0.3, 0.4) is 0 Å². The summed E-state index contributed by atoms with van der Waals surface area (Å²) in [5.74, 6) is -0.333. The molecular formula is C5H18N2OSi. The van der Waals surface area contributed by atoms with Crippen LogP contribution in [-0.4, -0.2) is 42.9 Å². The summed E-state index contributed by atoms with van der Waals surface area (Å²) < 4.78 is 0. The highest BCUT2D eigenvalue weighted by Gasteiger charge is 1.61. The van der Waals surface area contributed by atoms with Crippen LogP contribution in [0, 0.1) is 0 Å². The molecule has 3 nitrogen and oxygen atoms in total. The largest absolute Gasteiger partial charge is 0.370 e. The average Bonchev–Trinajstić information content (AvgIpc) is 1.25. The number of hydrogen-bond acceptors (Lipinski definition) is 2. The second-order valence-corrected chi connectivity index (χ2v) is 1.95. The van der Waals surface area contributed by atoms with Gasteiger partial charge in [-0.25, -0.2) is 0 Å². The lowest BCUT2D eigenvalue weighted by molar-refractivity contribution is -0.115. The van der Waals surface area contributed by atoms with Crippen molar-refractivity contribution in [2.45, 2.75) is 6.92 Å². The van der Waals surface area contributed by atoms with Crippen LogP contribution in [0.5, 0.6) is 0 Å². The third-order valence-electron chi connectivity index (χ3n) is 0. The van der Waals surface area contributed by atoms with Crippen LogP contribution in [0.25, 0.3) is 0 Å². The molecule has 0 aromatic heterocycles. The van der Waals surface area contributed by atoms with Crippen molar-refractivity contribution in [3.05, 3.63) is 0 Å². The molecule has 9 heavy (non-hydrogen) atoms. The molecule has 0 unspecified atom stereocenters. The molecule has 0 rings (SSSR count). The lowest BCUT2D eigenvalue weighted by Crippen LogP contribution is -2.01. The predicted octanol–water partition coefficient (Wildman–Crippen LogP) is -1.78. The van der Waals surface area contributed by atoms with Gasteiger partial charge in [-0.1, -0.05) is 0 Å². The molecule has 0 fully saturated rings. The lowest BCUT2D eigenvalue weighted by atomic mass is 10.8. The Morgan fingerprint density at radius 3 is 1.33 bits per heavy atom. The number of rotatable bonds is 0. The molecule has 58 valence electrons. The van der Waals surface area contributed by atoms with Gasteiger partial charge in [0.05, 0.1) is 0 Å². The molecule has 4 heteroatoms. The van der Waals surface area contributed by atoms with Gasteiger partial charge in [0.15, 0.2) is 0 Å². The third-order valence-corrected chi connectivity index (χ3v) is 0. The maximum Gasteiger partial charge on any atom is 0.214 e. The predicted molar refractivity (Wildman–Crippen MR) is 45.8 cm³/mol. The summed E-state index contributed by atoms with van der Waals surface area (Å²) in [6, 6.07) is 0. The molecule has 0 aliphatic heterocycles. The molecule has 0 aliphatic carbocycles. The van der Waals surface area contributed by atoms with Crippen molar-refractivity contribution in [3.63, 3.8) is 0 Å². The van der Waals surface area contributed by atoms with E-state index < -0.39 is 0 Å². The molecule has 0 bridgehead atoms. The van der Waals surface area contributed by atoms with Crippen molar-refractivity contribution in [1.82, 2.24) is 4.90 Å². The van der Waals surface area contributed by atoms with Gasteiger partial charge in [0.25, 0.3) is 0 Å². The van der Waals surface area contributed by atoms with Gasteiger partial charge in [0, 0.05) is 6.92 Å². The van der Waals surface area contributed by atoms with E-state index in [0.717, 1.165) is 0 Å². The van der Waals surface area contributed by atoms with Gasteiger partial charge in [-0.2, -0.15) is 0 Å². The van der Waals surface area contributed by atoms with E-state index in [1.807, 2.05) is 26.0 Å². The topological polar surface area (TPSA) is 46.3 Å². The molecule has 0 aromatic rings. The summed E-state index contributed by atoms with van der Waals surface area (Å²) >= 11 is 0. The first-order valence-corrected chi connectivity index (χ1v) is 2.33. The number of nitrogens with zero attached hydrogens (tertiary/aromatic N) is 1. The molecule has 0 radical (unpaired) electrons. The summed E-state index contributed by atoms with van der Waals surface area (Å²) in [6.45, 7) is 1.31.